The summed E-state index contributed by atoms with van der Waals surface area (Å²) in [6, 6.07) is 20.4. The molecule has 0 spiro atoms. The molecule has 0 saturated heterocycles. The molecule has 166 valence electrons. The lowest BCUT2D eigenvalue weighted by atomic mass is 9.83. The van der Waals surface area contributed by atoms with Crippen LogP contribution in [0.15, 0.2) is 76.4 Å². The standard InChI is InChI=1S/C27H26N4O2/c1-17-5-3-4-6-23(17)24(16-25(31-32)22-13-14-28-18(2)15-22)19-7-9-20(10-8-19)26-29-30-27(33-26)21-11-12-21/h3-10,13-15,21,24,32H,11-12,16H2,1-2H3/b31-25-. The van der Waals surface area contributed by atoms with E-state index in [9.17, 15) is 5.21 Å². The van der Waals surface area contributed by atoms with Crippen LogP contribution in [0, 0.1) is 13.8 Å². The number of rotatable bonds is 7. The van der Waals surface area contributed by atoms with Gasteiger partial charge in [-0.25, -0.2) is 0 Å². The lowest BCUT2D eigenvalue weighted by Crippen LogP contribution is -2.12. The maximum atomic E-state index is 9.87. The second kappa shape index (κ2) is 8.98. The summed E-state index contributed by atoms with van der Waals surface area (Å²) in [5.74, 6) is 1.75. The molecule has 1 N–H and O–H groups in total. The smallest absolute Gasteiger partial charge is 0.247 e. The molecular weight excluding hydrogens is 412 g/mol. The van der Waals surface area contributed by atoms with Crippen molar-refractivity contribution < 1.29 is 9.62 Å². The third-order valence-corrected chi connectivity index (χ3v) is 6.24. The Labute approximate surface area is 193 Å². The van der Waals surface area contributed by atoms with Gasteiger partial charge in [-0.05, 0) is 67.6 Å². The summed E-state index contributed by atoms with van der Waals surface area (Å²) in [4.78, 5) is 4.26. The van der Waals surface area contributed by atoms with Crippen LogP contribution in [0.3, 0.4) is 0 Å². The average molecular weight is 439 g/mol. The number of nitrogens with zero attached hydrogens (tertiary/aromatic N) is 4. The third kappa shape index (κ3) is 4.55. The van der Waals surface area contributed by atoms with E-state index >= 15 is 0 Å². The summed E-state index contributed by atoms with van der Waals surface area (Å²) in [6.45, 7) is 4.04. The van der Waals surface area contributed by atoms with Crippen molar-refractivity contribution in [2.75, 3.05) is 0 Å². The first-order valence-corrected chi connectivity index (χ1v) is 11.3. The SMILES string of the molecule is Cc1cc(/C(CC(c2ccc(-c3nnc(C4CC4)o3)cc2)c2ccccc2C)=N\O)ccn1. The van der Waals surface area contributed by atoms with E-state index in [1.54, 1.807) is 6.20 Å². The molecule has 6 nitrogen and oxygen atoms in total. The Morgan fingerprint density at radius 2 is 1.85 bits per heavy atom. The fourth-order valence-electron chi connectivity index (χ4n) is 4.22. The van der Waals surface area contributed by atoms with E-state index in [1.165, 1.54) is 11.1 Å². The normalized spacial score (nSPS) is 14.9. The molecule has 1 atom stereocenters. The van der Waals surface area contributed by atoms with Gasteiger partial charge in [-0.3, -0.25) is 4.98 Å². The molecule has 2 heterocycles. The highest BCUT2D eigenvalue weighted by molar-refractivity contribution is 6.01. The minimum Gasteiger partial charge on any atom is -0.420 e. The summed E-state index contributed by atoms with van der Waals surface area (Å²) in [6.07, 6.45) is 4.55. The summed E-state index contributed by atoms with van der Waals surface area (Å²) in [7, 11) is 0. The zero-order valence-corrected chi connectivity index (χ0v) is 18.8. The number of hydrogen-bond donors (Lipinski definition) is 1. The van der Waals surface area contributed by atoms with Gasteiger partial charge in [-0.15, -0.1) is 10.2 Å². The van der Waals surface area contributed by atoms with Crippen LogP contribution >= 0.6 is 0 Å². The molecule has 1 aliphatic carbocycles. The van der Waals surface area contributed by atoms with Crippen molar-refractivity contribution in [3.8, 4) is 11.5 Å². The van der Waals surface area contributed by atoms with Crippen LogP contribution in [0.2, 0.25) is 0 Å². The van der Waals surface area contributed by atoms with E-state index in [4.69, 9.17) is 4.42 Å². The maximum absolute atomic E-state index is 9.87. The van der Waals surface area contributed by atoms with Gasteiger partial charge in [0.25, 0.3) is 0 Å². The first-order valence-electron chi connectivity index (χ1n) is 11.3. The maximum Gasteiger partial charge on any atom is 0.247 e. The van der Waals surface area contributed by atoms with Crippen LogP contribution in [0.5, 0.6) is 0 Å². The number of benzene rings is 2. The number of hydrogen-bond acceptors (Lipinski definition) is 6. The quantitative estimate of drug-likeness (QED) is 0.216. The molecule has 2 aromatic heterocycles. The third-order valence-electron chi connectivity index (χ3n) is 6.24. The Bertz CT molecular complexity index is 1290. The molecule has 1 unspecified atom stereocenters. The van der Waals surface area contributed by atoms with Gasteiger partial charge in [0.15, 0.2) is 0 Å². The molecule has 0 radical (unpaired) electrons. The average Bonchev–Trinajstić information content (AvgIpc) is 3.57. The van der Waals surface area contributed by atoms with Gasteiger partial charge in [-0.2, -0.15) is 0 Å². The van der Waals surface area contributed by atoms with Gasteiger partial charge >= 0.3 is 0 Å². The van der Waals surface area contributed by atoms with Crippen LogP contribution < -0.4 is 0 Å². The Balaban J connectivity index is 1.48. The first kappa shape index (κ1) is 21.1. The first-order chi connectivity index (χ1) is 16.1. The summed E-state index contributed by atoms with van der Waals surface area (Å²) in [5, 5.41) is 22.0. The minimum absolute atomic E-state index is 0.0179. The van der Waals surface area contributed by atoms with Gasteiger partial charge in [-0.1, -0.05) is 41.6 Å². The van der Waals surface area contributed by atoms with Gasteiger partial charge in [0, 0.05) is 41.3 Å². The van der Waals surface area contributed by atoms with Crippen LogP contribution in [-0.4, -0.2) is 26.1 Å². The van der Waals surface area contributed by atoms with Crippen molar-refractivity contribution in [1.82, 2.24) is 15.2 Å². The molecule has 1 aliphatic rings. The monoisotopic (exact) mass is 438 g/mol. The highest BCUT2D eigenvalue weighted by atomic mass is 16.4. The number of oxime groups is 1. The molecule has 0 aliphatic heterocycles. The van der Waals surface area contributed by atoms with Crippen molar-refractivity contribution >= 4 is 5.71 Å². The Hall–Kier alpha value is -3.80. The number of aromatic nitrogens is 3. The number of pyridine rings is 1. The van der Waals surface area contributed by atoms with Crippen molar-refractivity contribution in [3.05, 3.63) is 101 Å². The molecule has 0 bridgehead atoms. The van der Waals surface area contributed by atoms with Crippen LogP contribution in [0.1, 0.15) is 64.9 Å². The van der Waals surface area contributed by atoms with Crippen molar-refractivity contribution in [2.45, 2.75) is 44.9 Å². The molecule has 0 amide bonds. The van der Waals surface area contributed by atoms with Gasteiger partial charge in [0.1, 0.15) is 0 Å². The molecular formula is C27H26N4O2. The number of aryl methyl sites for hydroxylation is 2. The van der Waals surface area contributed by atoms with E-state index in [1.807, 2.05) is 43.3 Å². The highest BCUT2D eigenvalue weighted by Gasteiger charge is 2.29. The van der Waals surface area contributed by atoms with E-state index in [2.05, 4.69) is 51.5 Å². The molecule has 5 rings (SSSR count). The molecule has 33 heavy (non-hydrogen) atoms. The summed E-state index contributed by atoms with van der Waals surface area (Å²) in [5.41, 5.74) is 6.81. The second-order valence-electron chi connectivity index (χ2n) is 8.69. The fourth-order valence-corrected chi connectivity index (χ4v) is 4.22. The molecule has 1 saturated carbocycles. The van der Waals surface area contributed by atoms with E-state index in [-0.39, 0.29) is 5.92 Å². The minimum atomic E-state index is 0.0179. The predicted molar refractivity (Wildman–Crippen MR) is 127 cm³/mol. The highest BCUT2D eigenvalue weighted by Crippen LogP contribution is 2.40. The molecule has 2 aromatic carbocycles. The summed E-state index contributed by atoms with van der Waals surface area (Å²) < 4.78 is 5.87. The lowest BCUT2D eigenvalue weighted by Gasteiger charge is -2.21. The van der Waals surface area contributed by atoms with Crippen molar-refractivity contribution in [2.24, 2.45) is 5.16 Å². The Morgan fingerprint density at radius 1 is 1.06 bits per heavy atom. The van der Waals surface area contributed by atoms with Crippen molar-refractivity contribution in [3.63, 3.8) is 0 Å². The molecule has 4 aromatic rings. The largest absolute Gasteiger partial charge is 0.420 e. The molecule has 6 heteroatoms. The van der Waals surface area contributed by atoms with Crippen molar-refractivity contribution in [1.29, 1.82) is 0 Å². The topological polar surface area (TPSA) is 84.4 Å². The van der Waals surface area contributed by atoms with Gasteiger partial charge in [0.2, 0.25) is 11.8 Å². The summed E-state index contributed by atoms with van der Waals surface area (Å²) >= 11 is 0. The van der Waals surface area contributed by atoms with Crippen LogP contribution in [-0.2, 0) is 0 Å². The van der Waals surface area contributed by atoms with Crippen LogP contribution in [0.4, 0.5) is 0 Å². The Kier molecular flexibility index (Phi) is 5.73. The zero-order valence-electron chi connectivity index (χ0n) is 18.8. The Morgan fingerprint density at radius 3 is 2.55 bits per heavy atom. The predicted octanol–water partition coefficient (Wildman–Crippen LogP) is 6.03. The van der Waals surface area contributed by atoms with Gasteiger partial charge < -0.3 is 9.62 Å². The van der Waals surface area contributed by atoms with E-state index in [0.29, 0.717) is 23.9 Å². The second-order valence-corrected chi connectivity index (χ2v) is 8.69. The fraction of sp³-hybridized carbons (Fsp3) is 0.259. The molecule has 1 fully saturated rings. The van der Waals surface area contributed by atoms with E-state index < -0.39 is 0 Å². The van der Waals surface area contributed by atoms with Gasteiger partial charge in [0.05, 0.1) is 5.71 Å². The van der Waals surface area contributed by atoms with E-state index in [0.717, 1.165) is 41.1 Å². The lowest BCUT2D eigenvalue weighted by molar-refractivity contribution is 0.317. The zero-order chi connectivity index (χ0) is 22.8. The van der Waals surface area contributed by atoms with Crippen LogP contribution in [0.25, 0.3) is 11.5 Å².